The van der Waals surface area contributed by atoms with Gasteiger partial charge in [-0.3, -0.25) is 0 Å². The van der Waals surface area contributed by atoms with Crippen LogP contribution >= 0.6 is 0 Å². The summed E-state index contributed by atoms with van der Waals surface area (Å²) in [6.45, 7) is 9.64. The van der Waals surface area contributed by atoms with E-state index in [9.17, 15) is 5.11 Å². The number of ether oxygens (including phenoxy) is 2. The van der Waals surface area contributed by atoms with Crippen molar-refractivity contribution in [3.8, 4) is 23.7 Å². The molecule has 3 nitrogen and oxygen atoms in total. The van der Waals surface area contributed by atoms with E-state index in [1.807, 2.05) is 13.8 Å². The van der Waals surface area contributed by atoms with Crippen LogP contribution in [0.2, 0.25) is 0 Å². The second kappa shape index (κ2) is 8.02. The molecule has 0 aromatic rings. The lowest BCUT2D eigenvalue weighted by atomic mass is 10.0. The van der Waals surface area contributed by atoms with E-state index in [1.54, 1.807) is 0 Å². The Hall–Kier alpha value is -1.26. The molecule has 1 N–H and O–H groups in total. The third-order valence-electron chi connectivity index (χ3n) is 4.45. The fourth-order valence-electron chi connectivity index (χ4n) is 3.27. The van der Waals surface area contributed by atoms with Crippen LogP contribution in [0.25, 0.3) is 0 Å². The predicted octanol–water partition coefficient (Wildman–Crippen LogP) is 3.28. The van der Waals surface area contributed by atoms with E-state index in [1.165, 1.54) is 25.3 Å². The molecule has 5 atom stereocenters. The molecule has 0 spiro atoms. The first-order chi connectivity index (χ1) is 10.9. The minimum Gasteiger partial charge on any atom is -0.377 e. The Kier molecular flexibility index (Phi) is 6.31. The normalized spacial score (nSPS) is 32.2. The zero-order valence-electron chi connectivity index (χ0n) is 14.5. The van der Waals surface area contributed by atoms with Crippen molar-refractivity contribution in [1.82, 2.24) is 0 Å². The molecule has 1 aliphatic heterocycles. The van der Waals surface area contributed by atoms with E-state index in [4.69, 9.17) is 9.47 Å². The third-order valence-corrected chi connectivity index (χ3v) is 4.45. The molecule has 1 aliphatic carbocycles. The lowest BCUT2D eigenvalue weighted by Gasteiger charge is -2.16. The minimum atomic E-state index is -0.813. The quantitative estimate of drug-likeness (QED) is 0.604. The average molecular weight is 316 g/mol. The highest BCUT2D eigenvalue weighted by Crippen LogP contribution is 2.47. The summed E-state index contributed by atoms with van der Waals surface area (Å²) in [5, 5.41) is 9.25. The van der Waals surface area contributed by atoms with Crippen molar-refractivity contribution in [3.63, 3.8) is 0 Å². The Balaban J connectivity index is 1.86. The molecule has 1 saturated carbocycles. The monoisotopic (exact) mass is 316 g/mol. The van der Waals surface area contributed by atoms with Crippen LogP contribution < -0.4 is 0 Å². The summed E-state index contributed by atoms with van der Waals surface area (Å²) in [6, 6.07) is 0. The van der Waals surface area contributed by atoms with Crippen molar-refractivity contribution in [2.75, 3.05) is 0 Å². The van der Waals surface area contributed by atoms with Gasteiger partial charge in [0, 0.05) is 6.42 Å². The smallest absolute Gasteiger partial charge is 0.163 e. The lowest BCUT2D eigenvalue weighted by molar-refractivity contribution is -0.146. The second-order valence-electron chi connectivity index (χ2n) is 6.95. The van der Waals surface area contributed by atoms with E-state index in [0.29, 0.717) is 6.42 Å². The molecule has 2 unspecified atom stereocenters. The van der Waals surface area contributed by atoms with E-state index < -0.39 is 11.9 Å². The largest absolute Gasteiger partial charge is 0.377 e. The lowest BCUT2D eigenvalue weighted by Crippen LogP contribution is -2.23. The van der Waals surface area contributed by atoms with Gasteiger partial charge in [-0.1, -0.05) is 44.3 Å². The zero-order chi connectivity index (χ0) is 16.9. The zero-order valence-corrected chi connectivity index (χ0v) is 14.5. The second-order valence-corrected chi connectivity index (χ2v) is 6.95. The minimum absolute atomic E-state index is 0.00602. The molecular weight excluding hydrogens is 288 g/mol. The van der Waals surface area contributed by atoms with E-state index in [-0.39, 0.29) is 12.2 Å². The highest BCUT2D eigenvalue weighted by atomic mass is 16.7. The van der Waals surface area contributed by atoms with Gasteiger partial charge in [-0.25, -0.2) is 0 Å². The van der Waals surface area contributed by atoms with Gasteiger partial charge in [-0.15, -0.1) is 0 Å². The van der Waals surface area contributed by atoms with Crippen LogP contribution in [0, 0.1) is 35.5 Å². The van der Waals surface area contributed by atoms with Gasteiger partial charge in [0.15, 0.2) is 5.79 Å². The van der Waals surface area contributed by atoms with Gasteiger partial charge in [-0.2, -0.15) is 0 Å². The Bertz CT molecular complexity index is 529. The molecule has 0 amide bonds. The van der Waals surface area contributed by atoms with Gasteiger partial charge < -0.3 is 14.6 Å². The molecule has 0 aromatic heterocycles. The summed E-state index contributed by atoms with van der Waals surface area (Å²) in [5.74, 6) is 12.2. The molecule has 0 aromatic carbocycles. The van der Waals surface area contributed by atoms with E-state index >= 15 is 0 Å². The first-order valence-corrected chi connectivity index (χ1v) is 8.59. The molecule has 2 fully saturated rings. The summed E-state index contributed by atoms with van der Waals surface area (Å²) in [5.41, 5.74) is 0. The van der Waals surface area contributed by atoms with Gasteiger partial charge >= 0.3 is 0 Å². The maximum Gasteiger partial charge on any atom is 0.163 e. The maximum absolute atomic E-state index is 9.25. The molecule has 0 bridgehead atoms. The number of hydrogen-bond acceptors (Lipinski definition) is 3. The molecule has 1 heterocycles. The van der Waals surface area contributed by atoms with Crippen LogP contribution in [0.5, 0.6) is 0 Å². The SMILES string of the molecule is C=C[C@H](O)C#CC#CC[C@@H]1OC(C)(C)O[C@H]1CC1CC1CCC. The fraction of sp³-hybridized carbons (Fsp3) is 0.700. The number of aliphatic hydroxyl groups excluding tert-OH is 1. The van der Waals surface area contributed by atoms with Gasteiger partial charge in [0.05, 0.1) is 12.2 Å². The van der Waals surface area contributed by atoms with Crippen LogP contribution in [-0.4, -0.2) is 29.2 Å². The summed E-state index contributed by atoms with van der Waals surface area (Å²) in [4.78, 5) is 0. The fourth-order valence-corrected chi connectivity index (χ4v) is 3.27. The van der Waals surface area contributed by atoms with Gasteiger partial charge in [0.2, 0.25) is 0 Å². The highest BCUT2D eigenvalue weighted by Gasteiger charge is 2.45. The van der Waals surface area contributed by atoms with Crippen LogP contribution in [-0.2, 0) is 9.47 Å². The van der Waals surface area contributed by atoms with Crippen LogP contribution in [0.3, 0.4) is 0 Å². The van der Waals surface area contributed by atoms with E-state index in [0.717, 1.165) is 18.3 Å². The van der Waals surface area contributed by atoms with Crippen molar-refractivity contribution in [2.24, 2.45) is 11.8 Å². The van der Waals surface area contributed by atoms with Gasteiger partial charge in [-0.05, 0) is 50.4 Å². The van der Waals surface area contributed by atoms with Crippen LogP contribution in [0.1, 0.15) is 52.9 Å². The number of rotatable bonds is 6. The van der Waals surface area contributed by atoms with Crippen LogP contribution in [0.15, 0.2) is 12.7 Å². The van der Waals surface area contributed by atoms with Crippen molar-refractivity contribution >= 4 is 0 Å². The summed E-state index contributed by atoms with van der Waals surface area (Å²) in [7, 11) is 0. The van der Waals surface area contributed by atoms with Crippen molar-refractivity contribution in [3.05, 3.63) is 12.7 Å². The summed E-state index contributed by atoms with van der Waals surface area (Å²) in [6.07, 6.45) is 6.30. The molecule has 0 radical (unpaired) electrons. The Morgan fingerprint density at radius 2 is 2.00 bits per heavy atom. The van der Waals surface area contributed by atoms with Crippen molar-refractivity contribution in [2.45, 2.75) is 77.0 Å². The Morgan fingerprint density at radius 1 is 1.26 bits per heavy atom. The van der Waals surface area contributed by atoms with Crippen molar-refractivity contribution < 1.29 is 14.6 Å². The van der Waals surface area contributed by atoms with Crippen molar-refractivity contribution in [1.29, 1.82) is 0 Å². The van der Waals surface area contributed by atoms with Gasteiger partial charge in [0.1, 0.15) is 6.10 Å². The summed E-state index contributed by atoms with van der Waals surface area (Å²) >= 11 is 0. The first-order valence-electron chi connectivity index (χ1n) is 8.59. The topological polar surface area (TPSA) is 38.7 Å². The first kappa shape index (κ1) is 18.1. The van der Waals surface area contributed by atoms with Gasteiger partial charge in [0.25, 0.3) is 0 Å². The molecule has 2 rings (SSSR count). The molecule has 1 saturated heterocycles. The Morgan fingerprint density at radius 3 is 2.70 bits per heavy atom. The summed E-state index contributed by atoms with van der Waals surface area (Å²) < 4.78 is 12.1. The van der Waals surface area contributed by atoms with E-state index in [2.05, 4.69) is 37.2 Å². The Labute approximate surface area is 140 Å². The molecule has 2 aliphatic rings. The average Bonchev–Trinajstić information content (AvgIpc) is 3.14. The number of aliphatic hydroxyl groups is 1. The highest BCUT2D eigenvalue weighted by molar-refractivity contribution is 5.28. The number of hydrogen-bond donors (Lipinski definition) is 1. The third kappa shape index (κ3) is 5.70. The predicted molar refractivity (Wildman–Crippen MR) is 91.3 cm³/mol. The molecular formula is C20H28O3. The standard InChI is InChI=1S/C20H28O3/c1-5-10-15-13-16(15)14-19-18(22-20(3,4)23-19)12-9-7-8-11-17(21)6-2/h6,15-19,21H,2,5,10,12-14H2,1,3-4H3/t15?,16?,17-,18-,19-/m0/s1. The maximum atomic E-state index is 9.25. The molecule has 126 valence electrons. The van der Waals surface area contributed by atoms with Crippen LogP contribution in [0.4, 0.5) is 0 Å². The molecule has 3 heteroatoms. The molecule has 23 heavy (non-hydrogen) atoms.